The topological polar surface area (TPSA) is 60.5 Å². The van der Waals surface area contributed by atoms with E-state index in [1.54, 1.807) is 14.2 Å². The average Bonchev–Trinajstić information content (AvgIpc) is 3.21. The number of likely N-dealkylation sites (tertiary alicyclic amines) is 1. The van der Waals surface area contributed by atoms with Gasteiger partial charge in [-0.3, -0.25) is 14.6 Å². The highest BCUT2D eigenvalue weighted by atomic mass is 16.5. The minimum Gasteiger partial charge on any atom is -0.493 e. The molecule has 1 aromatic rings. The molecule has 0 amide bonds. The van der Waals surface area contributed by atoms with Crippen LogP contribution in [0.4, 0.5) is 0 Å². The molecular formula is C24H38N2O5. The number of likely N-dealkylation sites (N-methyl/N-ethyl adjacent to an activating group) is 1. The number of benzene rings is 1. The zero-order chi connectivity index (χ0) is 22.2. The first-order valence-corrected chi connectivity index (χ1v) is 11.4. The Bertz CT molecular complexity index is 711. The van der Waals surface area contributed by atoms with Crippen molar-refractivity contribution in [2.75, 3.05) is 54.6 Å². The first-order chi connectivity index (χ1) is 15.0. The van der Waals surface area contributed by atoms with Crippen LogP contribution in [0.15, 0.2) is 18.2 Å². The standard InChI is InChI=1S/C24H38N2O5/c1-25(2)17-24(27)31-19-11-13-26(16-19)20-7-5-6-8-21(20)30-14-12-18-9-10-22(28-3)23(15-18)29-4/h9-10,15,19-21H,5-8,11-14,16-17H2,1-4H3/t19?,20?,21-/m1/s1. The van der Waals surface area contributed by atoms with Gasteiger partial charge >= 0.3 is 5.97 Å². The molecule has 3 atom stereocenters. The quantitative estimate of drug-likeness (QED) is 0.525. The highest BCUT2D eigenvalue weighted by Crippen LogP contribution is 2.30. The molecule has 0 N–H and O–H groups in total. The Morgan fingerprint density at radius 1 is 1.10 bits per heavy atom. The van der Waals surface area contributed by atoms with Crippen LogP contribution in [0.25, 0.3) is 0 Å². The van der Waals surface area contributed by atoms with Crippen LogP contribution in [0.1, 0.15) is 37.7 Å². The van der Waals surface area contributed by atoms with Crippen LogP contribution in [-0.2, 0) is 20.7 Å². The monoisotopic (exact) mass is 434 g/mol. The van der Waals surface area contributed by atoms with Gasteiger partial charge in [-0.05, 0) is 57.5 Å². The van der Waals surface area contributed by atoms with E-state index in [9.17, 15) is 4.79 Å². The molecule has 2 fully saturated rings. The van der Waals surface area contributed by atoms with E-state index in [2.05, 4.69) is 11.0 Å². The summed E-state index contributed by atoms with van der Waals surface area (Å²) in [5.41, 5.74) is 1.18. The van der Waals surface area contributed by atoms with E-state index in [4.69, 9.17) is 18.9 Å². The summed E-state index contributed by atoms with van der Waals surface area (Å²) < 4.78 is 22.8. The maximum Gasteiger partial charge on any atom is 0.320 e. The molecule has 31 heavy (non-hydrogen) atoms. The van der Waals surface area contributed by atoms with Crippen molar-refractivity contribution in [2.45, 2.75) is 56.8 Å². The Labute approximate surface area is 186 Å². The van der Waals surface area contributed by atoms with E-state index in [0.717, 1.165) is 50.3 Å². The summed E-state index contributed by atoms with van der Waals surface area (Å²) in [5, 5.41) is 0. The Morgan fingerprint density at radius 2 is 1.87 bits per heavy atom. The molecule has 0 radical (unpaired) electrons. The third-order valence-electron chi connectivity index (χ3n) is 6.23. The summed E-state index contributed by atoms with van der Waals surface area (Å²) in [4.78, 5) is 16.3. The number of esters is 1. The van der Waals surface area contributed by atoms with Crippen LogP contribution in [0.5, 0.6) is 11.5 Å². The van der Waals surface area contributed by atoms with Crippen LogP contribution >= 0.6 is 0 Å². The van der Waals surface area contributed by atoms with Crippen molar-refractivity contribution in [3.05, 3.63) is 23.8 Å². The number of methoxy groups -OCH3 is 2. The minimum atomic E-state index is -0.136. The number of nitrogens with zero attached hydrogens (tertiary/aromatic N) is 2. The van der Waals surface area contributed by atoms with Gasteiger partial charge < -0.3 is 18.9 Å². The van der Waals surface area contributed by atoms with Crippen molar-refractivity contribution < 1.29 is 23.7 Å². The van der Waals surface area contributed by atoms with Crippen molar-refractivity contribution >= 4 is 5.97 Å². The number of carbonyl (C=O) groups excluding carboxylic acids is 1. The summed E-state index contributed by atoms with van der Waals surface area (Å²) >= 11 is 0. The fraction of sp³-hybridized carbons (Fsp3) is 0.708. The third kappa shape index (κ3) is 6.82. The summed E-state index contributed by atoms with van der Waals surface area (Å²) in [6.07, 6.45) is 6.70. The van der Waals surface area contributed by atoms with Gasteiger partial charge in [0.05, 0.1) is 33.5 Å². The van der Waals surface area contributed by atoms with Crippen LogP contribution in [0, 0.1) is 0 Å². The number of ether oxygens (including phenoxy) is 4. The lowest BCUT2D eigenvalue weighted by molar-refractivity contribution is -0.149. The number of hydrogen-bond acceptors (Lipinski definition) is 7. The second kappa shape index (κ2) is 11.7. The number of carbonyl (C=O) groups is 1. The van der Waals surface area contributed by atoms with Gasteiger partial charge in [0.15, 0.2) is 11.5 Å². The SMILES string of the molecule is COc1ccc(CCO[C@@H]2CCCCC2N2CCC(OC(=O)CN(C)C)C2)cc1OC. The summed E-state index contributed by atoms with van der Waals surface area (Å²) in [5.74, 6) is 1.36. The Kier molecular flexibility index (Phi) is 8.99. The fourth-order valence-electron chi connectivity index (χ4n) is 4.69. The van der Waals surface area contributed by atoms with Crippen molar-refractivity contribution in [1.82, 2.24) is 9.80 Å². The molecule has 174 valence electrons. The minimum absolute atomic E-state index is 0.00166. The molecule has 1 saturated heterocycles. The molecule has 2 unspecified atom stereocenters. The fourth-order valence-corrected chi connectivity index (χ4v) is 4.69. The van der Waals surface area contributed by atoms with Crippen LogP contribution < -0.4 is 9.47 Å². The van der Waals surface area contributed by atoms with E-state index >= 15 is 0 Å². The first-order valence-electron chi connectivity index (χ1n) is 11.4. The largest absolute Gasteiger partial charge is 0.493 e. The van der Waals surface area contributed by atoms with Gasteiger partial charge in [-0.25, -0.2) is 0 Å². The molecule has 1 aliphatic heterocycles. The van der Waals surface area contributed by atoms with Crippen molar-refractivity contribution in [2.24, 2.45) is 0 Å². The zero-order valence-corrected chi connectivity index (χ0v) is 19.5. The molecule has 3 rings (SSSR count). The molecule has 7 nitrogen and oxygen atoms in total. The molecule has 1 heterocycles. The summed E-state index contributed by atoms with van der Waals surface area (Å²) in [6.45, 7) is 2.81. The lowest BCUT2D eigenvalue weighted by Gasteiger charge is -2.37. The molecule has 1 aromatic carbocycles. The first kappa shape index (κ1) is 23.8. The molecule has 1 aliphatic carbocycles. The molecule has 1 saturated carbocycles. The van der Waals surface area contributed by atoms with Gasteiger partial charge in [0, 0.05) is 19.1 Å². The lowest BCUT2D eigenvalue weighted by Crippen LogP contribution is -2.46. The predicted molar refractivity (Wildman–Crippen MR) is 120 cm³/mol. The van der Waals surface area contributed by atoms with Gasteiger partial charge in [0.2, 0.25) is 0 Å². The number of hydrogen-bond donors (Lipinski definition) is 0. The molecule has 0 aromatic heterocycles. The zero-order valence-electron chi connectivity index (χ0n) is 19.5. The Balaban J connectivity index is 1.49. The highest BCUT2D eigenvalue weighted by Gasteiger charge is 2.36. The van der Waals surface area contributed by atoms with Crippen LogP contribution in [0.3, 0.4) is 0 Å². The van der Waals surface area contributed by atoms with E-state index in [1.807, 2.05) is 31.1 Å². The Hall–Kier alpha value is -1.83. The van der Waals surface area contributed by atoms with Crippen LogP contribution in [0.2, 0.25) is 0 Å². The van der Waals surface area contributed by atoms with Crippen molar-refractivity contribution in [3.8, 4) is 11.5 Å². The smallest absolute Gasteiger partial charge is 0.320 e. The van der Waals surface area contributed by atoms with E-state index in [0.29, 0.717) is 19.2 Å². The van der Waals surface area contributed by atoms with Gasteiger partial charge in [0.1, 0.15) is 6.10 Å². The van der Waals surface area contributed by atoms with E-state index < -0.39 is 0 Å². The highest BCUT2D eigenvalue weighted by molar-refractivity contribution is 5.71. The second-order valence-corrected chi connectivity index (χ2v) is 8.83. The Morgan fingerprint density at radius 3 is 2.61 bits per heavy atom. The molecule has 7 heteroatoms. The normalized spacial score (nSPS) is 24.4. The maximum atomic E-state index is 12.0. The van der Waals surface area contributed by atoms with Gasteiger partial charge in [-0.15, -0.1) is 0 Å². The predicted octanol–water partition coefficient (Wildman–Crippen LogP) is 2.75. The summed E-state index contributed by atoms with van der Waals surface area (Å²) in [7, 11) is 7.07. The maximum absolute atomic E-state index is 12.0. The van der Waals surface area contributed by atoms with E-state index in [-0.39, 0.29) is 18.2 Å². The second-order valence-electron chi connectivity index (χ2n) is 8.83. The van der Waals surface area contributed by atoms with Crippen molar-refractivity contribution in [1.29, 1.82) is 0 Å². The van der Waals surface area contributed by atoms with Gasteiger partial charge in [-0.1, -0.05) is 18.9 Å². The third-order valence-corrected chi connectivity index (χ3v) is 6.23. The summed E-state index contributed by atoms with van der Waals surface area (Å²) in [6, 6.07) is 6.44. The van der Waals surface area contributed by atoms with Gasteiger partial charge in [0.25, 0.3) is 0 Å². The average molecular weight is 435 g/mol. The molecule has 0 bridgehead atoms. The number of rotatable bonds is 10. The molecular weight excluding hydrogens is 396 g/mol. The molecule has 0 spiro atoms. The van der Waals surface area contributed by atoms with E-state index in [1.165, 1.54) is 18.4 Å². The van der Waals surface area contributed by atoms with Crippen LogP contribution in [-0.4, -0.2) is 88.6 Å². The lowest BCUT2D eigenvalue weighted by atomic mass is 9.91. The van der Waals surface area contributed by atoms with Crippen molar-refractivity contribution in [3.63, 3.8) is 0 Å². The van der Waals surface area contributed by atoms with Gasteiger partial charge in [-0.2, -0.15) is 0 Å². The molecule has 2 aliphatic rings.